The summed E-state index contributed by atoms with van der Waals surface area (Å²) in [6.45, 7) is 1.87. The molecule has 0 spiro atoms. The van der Waals surface area contributed by atoms with Crippen LogP contribution in [0, 0.1) is 0 Å². The van der Waals surface area contributed by atoms with Crippen molar-refractivity contribution in [2.24, 2.45) is 0 Å². The van der Waals surface area contributed by atoms with Gasteiger partial charge in [-0.3, -0.25) is 4.68 Å². The summed E-state index contributed by atoms with van der Waals surface area (Å²) in [6.07, 6.45) is 6.70. The first-order valence-electron chi connectivity index (χ1n) is 6.34. The van der Waals surface area contributed by atoms with Crippen LogP contribution in [0.15, 0.2) is 18.5 Å². The van der Waals surface area contributed by atoms with Gasteiger partial charge in [0.15, 0.2) is 0 Å². The van der Waals surface area contributed by atoms with E-state index in [0.29, 0.717) is 13.1 Å². The average molecular weight is 272 g/mol. The molecule has 0 radical (unpaired) electrons. The predicted molar refractivity (Wildman–Crippen MR) is 69.7 cm³/mol. The van der Waals surface area contributed by atoms with Gasteiger partial charge < -0.3 is 5.32 Å². The van der Waals surface area contributed by atoms with Gasteiger partial charge in [0.25, 0.3) is 0 Å². The van der Waals surface area contributed by atoms with E-state index >= 15 is 0 Å². The summed E-state index contributed by atoms with van der Waals surface area (Å²) in [5.74, 6) is 0.173. The molecule has 6 nitrogen and oxygen atoms in total. The Morgan fingerprint density at radius 2 is 2.33 bits per heavy atom. The summed E-state index contributed by atoms with van der Waals surface area (Å²) in [7, 11) is -3.19. The van der Waals surface area contributed by atoms with Gasteiger partial charge in [0.2, 0.25) is 10.0 Å². The third kappa shape index (κ3) is 4.40. The van der Waals surface area contributed by atoms with Crippen LogP contribution in [-0.2, 0) is 16.6 Å². The van der Waals surface area contributed by atoms with Crippen molar-refractivity contribution in [3.8, 4) is 0 Å². The first kappa shape index (κ1) is 13.5. The van der Waals surface area contributed by atoms with Gasteiger partial charge in [-0.2, -0.15) is 5.10 Å². The van der Waals surface area contributed by atoms with Crippen LogP contribution in [0.25, 0.3) is 0 Å². The number of hydrogen-bond acceptors (Lipinski definition) is 4. The molecule has 1 aromatic heterocycles. The molecule has 1 aliphatic heterocycles. The lowest BCUT2D eigenvalue weighted by atomic mass is 10.1. The standard InChI is InChI=1S/C11H20N4O2S/c16-18(17,10-11-4-1-2-5-12-11)14-7-9-15-8-3-6-13-15/h3,6,8,11-12,14H,1-2,4-5,7,9-10H2. The maximum atomic E-state index is 11.8. The SMILES string of the molecule is O=S(=O)(CC1CCCCN1)NCCn1cccn1. The molecular formula is C11H20N4O2S. The normalized spacial score (nSPS) is 21.0. The number of hydrogen-bond donors (Lipinski definition) is 2. The minimum atomic E-state index is -3.19. The van der Waals surface area contributed by atoms with E-state index in [9.17, 15) is 8.42 Å². The van der Waals surface area contributed by atoms with Gasteiger partial charge in [-0.25, -0.2) is 13.1 Å². The topological polar surface area (TPSA) is 76.0 Å². The van der Waals surface area contributed by atoms with E-state index in [2.05, 4.69) is 15.1 Å². The maximum absolute atomic E-state index is 11.8. The first-order chi connectivity index (χ1) is 8.66. The van der Waals surface area contributed by atoms with E-state index in [1.165, 1.54) is 0 Å². The molecule has 2 N–H and O–H groups in total. The quantitative estimate of drug-likeness (QED) is 0.761. The number of piperidine rings is 1. The Hall–Kier alpha value is -0.920. The van der Waals surface area contributed by atoms with E-state index in [1.54, 1.807) is 10.9 Å². The lowest BCUT2D eigenvalue weighted by molar-refractivity contribution is 0.422. The molecule has 1 fully saturated rings. The van der Waals surface area contributed by atoms with Gasteiger partial charge in [-0.05, 0) is 25.5 Å². The van der Waals surface area contributed by atoms with Gasteiger partial charge in [0.05, 0.1) is 12.3 Å². The van der Waals surface area contributed by atoms with Crippen LogP contribution in [0.5, 0.6) is 0 Å². The van der Waals surface area contributed by atoms with Crippen molar-refractivity contribution in [3.63, 3.8) is 0 Å². The van der Waals surface area contributed by atoms with Crippen molar-refractivity contribution in [2.75, 3.05) is 18.8 Å². The van der Waals surface area contributed by atoms with E-state index in [-0.39, 0.29) is 11.8 Å². The van der Waals surface area contributed by atoms with Crippen molar-refractivity contribution in [1.82, 2.24) is 19.8 Å². The molecule has 0 amide bonds. The predicted octanol–water partition coefficient (Wildman–Crippen LogP) is -0.0554. The number of nitrogens with one attached hydrogen (secondary N) is 2. The van der Waals surface area contributed by atoms with Crippen molar-refractivity contribution in [2.45, 2.75) is 31.8 Å². The summed E-state index contributed by atoms with van der Waals surface area (Å²) in [5.41, 5.74) is 0. The van der Waals surface area contributed by atoms with Crippen LogP contribution in [0.4, 0.5) is 0 Å². The van der Waals surface area contributed by atoms with Crippen molar-refractivity contribution >= 4 is 10.0 Å². The zero-order valence-corrected chi connectivity index (χ0v) is 11.2. The summed E-state index contributed by atoms with van der Waals surface area (Å²) in [4.78, 5) is 0. The van der Waals surface area contributed by atoms with Crippen LogP contribution >= 0.6 is 0 Å². The second-order valence-corrected chi connectivity index (χ2v) is 6.44. The summed E-state index contributed by atoms with van der Waals surface area (Å²) >= 11 is 0. The van der Waals surface area contributed by atoms with Crippen LogP contribution in [0.3, 0.4) is 0 Å². The Kier molecular flexibility index (Phi) is 4.73. The highest BCUT2D eigenvalue weighted by Crippen LogP contribution is 2.08. The number of rotatable bonds is 6. The van der Waals surface area contributed by atoms with Crippen LogP contribution in [0.2, 0.25) is 0 Å². The third-order valence-electron chi connectivity index (χ3n) is 3.06. The Labute approximate surface area is 108 Å². The highest BCUT2D eigenvalue weighted by molar-refractivity contribution is 7.89. The highest BCUT2D eigenvalue weighted by atomic mass is 32.2. The maximum Gasteiger partial charge on any atom is 0.213 e. The van der Waals surface area contributed by atoms with E-state index in [0.717, 1.165) is 25.8 Å². The van der Waals surface area contributed by atoms with E-state index in [1.807, 2.05) is 12.3 Å². The molecule has 0 saturated carbocycles. The molecule has 7 heteroatoms. The summed E-state index contributed by atoms with van der Waals surface area (Å²) in [6, 6.07) is 1.92. The molecule has 2 heterocycles. The minimum Gasteiger partial charge on any atom is -0.313 e. The Morgan fingerprint density at radius 3 is 3.00 bits per heavy atom. The number of aromatic nitrogens is 2. The zero-order valence-electron chi connectivity index (χ0n) is 10.4. The van der Waals surface area contributed by atoms with Gasteiger partial charge in [-0.15, -0.1) is 0 Å². The largest absolute Gasteiger partial charge is 0.313 e. The molecule has 1 aliphatic rings. The van der Waals surface area contributed by atoms with Crippen LogP contribution in [-0.4, -0.2) is 43.1 Å². The monoisotopic (exact) mass is 272 g/mol. The second kappa shape index (κ2) is 6.31. The smallest absolute Gasteiger partial charge is 0.213 e. The Bertz CT molecular complexity index is 438. The number of nitrogens with zero attached hydrogens (tertiary/aromatic N) is 2. The molecule has 0 bridgehead atoms. The first-order valence-corrected chi connectivity index (χ1v) is 7.99. The molecule has 0 aliphatic carbocycles. The third-order valence-corrected chi connectivity index (χ3v) is 4.54. The van der Waals surface area contributed by atoms with Crippen molar-refractivity contribution in [1.29, 1.82) is 0 Å². The highest BCUT2D eigenvalue weighted by Gasteiger charge is 2.20. The Balaban J connectivity index is 1.73. The molecule has 0 aromatic carbocycles. The second-order valence-electron chi connectivity index (χ2n) is 4.59. The molecule has 1 unspecified atom stereocenters. The molecule has 1 atom stereocenters. The molecule has 1 aromatic rings. The van der Waals surface area contributed by atoms with Gasteiger partial charge in [-0.1, -0.05) is 6.42 Å². The van der Waals surface area contributed by atoms with Crippen molar-refractivity contribution in [3.05, 3.63) is 18.5 Å². The fourth-order valence-corrected chi connectivity index (χ4v) is 3.47. The summed E-state index contributed by atoms with van der Waals surface area (Å²) < 4.78 is 28.0. The molecular weight excluding hydrogens is 252 g/mol. The lowest BCUT2D eigenvalue weighted by Gasteiger charge is -2.23. The fourth-order valence-electron chi connectivity index (χ4n) is 2.14. The van der Waals surface area contributed by atoms with Crippen LogP contribution < -0.4 is 10.0 Å². The zero-order chi connectivity index (χ0) is 12.8. The Morgan fingerprint density at radius 1 is 1.44 bits per heavy atom. The molecule has 1 saturated heterocycles. The number of sulfonamides is 1. The van der Waals surface area contributed by atoms with Gasteiger partial charge in [0, 0.05) is 25.0 Å². The van der Waals surface area contributed by atoms with Crippen molar-refractivity contribution < 1.29 is 8.42 Å². The molecule has 18 heavy (non-hydrogen) atoms. The molecule has 102 valence electrons. The fraction of sp³-hybridized carbons (Fsp3) is 0.727. The average Bonchev–Trinajstić information content (AvgIpc) is 2.82. The van der Waals surface area contributed by atoms with E-state index < -0.39 is 10.0 Å². The van der Waals surface area contributed by atoms with Gasteiger partial charge in [0.1, 0.15) is 0 Å². The minimum absolute atomic E-state index is 0.0981. The molecule has 2 rings (SSSR count). The van der Waals surface area contributed by atoms with Gasteiger partial charge >= 0.3 is 0 Å². The van der Waals surface area contributed by atoms with E-state index in [4.69, 9.17) is 0 Å². The summed E-state index contributed by atoms with van der Waals surface area (Å²) in [5, 5.41) is 7.26. The lowest BCUT2D eigenvalue weighted by Crippen LogP contribution is -2.43. The van der Waals surface area contributed by atoms with Crippen LogP contribution in [0.1, 0.15) is 19.3 Å².